The van der Waals surface area contributed by atoms with Crippen molar-refractivity contribution in [3.8, 4) is 0 Å². The maximum Gasteiger partial charge on any atom is 3.00 e. The summed E-state index contributed by atoms with van der Waals surface area (Å²) < 4.78 is 0. The molecule has 0 aliphatic rings. The number of hydrogen-bond acceptors (Lipinski definition) is 1. The molecule has 0 radical (unpaired) electrons. The first-order valence-electron chi connectivity index (χ1n) is 7.05. The van der Waals surface area contributed by atoms with Crippen LogP contribution >= 0.6 is 0 Å². The molecule has 0 aliphatic heterocycles. The van der Waals surface area contributed by atoms with Crippen molar-refractivity contribution in [1.29, 1.82) is 0 Å². The largest absolute Gasteiger partial charge is 3.00 e. The molecule has 0 aromatic heterocycles. The van der Waals surface area contributed by atoms with Crippen LogP contribution in [0, 0.1) is 17.8 Å². The third kappa shape index (κ3) is 12.4. The Morgan fingerprint density at radius 2 is 1.10 bits per heavy atom. The number of rotatable bonds is 3. The van der Waals surface area contributed by atoms with E-state index in [0.29, 0.717) is 11.8 Å². The van der Waals surface area contributed by atoms with Gasteiger partial charge in [-0.2, -0.15) is 36.4 Å². The fourth-order valence-electron chi connectivity index (χ4n) is 2.02. The SMILES string of the molecule is CC(C)C(C([NH-])=O)C(C)C.[Nb+3].c1cc[cH-]c1.c1cc[cH-]c1. The number of amides is 1. The van der Waals surface area contributed by atoms with Crippen molar-refractivity contribution in [1.82, 2.24) is 0 Å². The Morgan fingerprint density at radius 1 is 0.810 bits per heavy atom. The van der Waals surface area contributed by atoms with Gasteiger partial charge in [-0.15, -0.1) is 0 Å². The Bertz CT molecular complexity index is 336. The molecule has 0 aliphatic carbocycles. The van der Waals surface area contributed by atoms with Crippen LogP contribution in [-0.2, 0) is 27.2 Å². The van der Waals surface area contributed by atoms with Gasteiger partial charge in [-0.05, 0) is 11.8 Å². The molecule has 1 amide bonds. The van der Waals surface area contributed by atoms with Crippen LogP contribution in [0.3, 0.4) is 0 Å². The molecule has 1 N–H and O–H groups in total. The standard InChI is InChI=1S/C8H17NO.2C5H5.Nb/c1-5(2)7(6(3)4)8(9)10;2*1-2-4-5-3-1;/h5-7H,1-4H3,(H2,9,10);2*1-5H;/q;2*-1;+3/p-1. The van der Waals surface area contributed by atoms with Crippen molar-refractivity contribution in [3.63, 3.8) is 0 Å². The van der Waals surface area contributed by atoms with Crippen LogP contribution in [-0.4, -0.2) is 5.91 Å². The minimum Gasteiger partial charge on any atom is -0.668 e. The summed E-state index contributed by atoms with van der Waals surface area (Å²) in [4.78, 5) is 10.7. The average molecular weight is 365 g/mol. The Hall–Kier alpha value is -1.09. The molecule has 3 heteroatoms. The predicted molar refractivity (Wildman–Crippen MR) is 86.6 cm³/mol. The zero-order valence-corrected chi connectivity index (χ0v) is 15.6. The Kier molecular flexibility index (Phi) is 14.7. The number of carbonyl (C=O) groups is 1. The smallest absolute Gasteiger partial charge is 0.668 e. The van der Waals surface area contributed by atoms with Gasteiger partial charge in [-0.25, -0.2) is 24.3 Å². The second-order valence-corrected chi connectivity index (χ2v) is 5.30. The first kappa shape index (κ1) is 22.2. The van der Waals surface area contributed by atoms with Gasteiger partial charge in [-0.3, -0.25) is 0 Å². The van der Waals surface area contributed by atoms with E-state index in [4.69, 9.17) is 5.73 Å². The summed E-state index contributed by atoms with van der Waals surface area (Å²) in [6, 6.07) is 20.0. The van der Waals surface area contributed by atoms with Gasteiger partial charge in [0.15, 0.2) is 0 Å². The van der Waals surface area contributed by atoms with E-state index in [0.717, 1.165) is 0 Å². The van der Waals surface area contributed by atoms with Gasteiger partial charge in [0.1, 0.15) is 0 Å². The van der Waals surface area contributed by atoms with Gasteiger partial charge < -0.3 is 10.5 Å². The van der Waals surface area contributed by atoms with E-state index in [9.17, 15) is 4.79 Å². The molecule has 0 saturated heterocycles. The van der Waals surface area contributed by atoms with Crippen molar-refractivity contribution in [2.75, 3.05) is 0 Å². The second kappa shape index (κ2) is 13.9. The quantitative estimate of drug-likeness (QED) is 0.537. The summed E-state index contributed by atoms with van der Waals surface area (Å²) in [6.07, 6.45) is 0. The average Bonchev–Trinajstić information content (AvgIpc) is 3.07. The molecule has 0 saturated carbocycles. The number of carbonyl (C=O) groups excluding carboxylic acids is 1. The van der Waals surface area contributed by atoms with E-state index >= 15 is 0 Å². The zero-order chi connectivity index (χ0) is 15.4. The monoisotopic (exact) mass is 365 g/mol. The summed E-state index contributed by atoms with van der Waals surface area (Å²) in [5, 5.41) is 0. The van der Waals surface area contributed by atoms with Gasteiger partial charge in [0, 0.05) is 5.92 Å². The fourth-order valence-corrected chi connectivity index (χ4v) is 2.02. The van der Waals surface area contributed by atoms with Gasteiger partial charge >= 0.3 is 22.4 Å². The molecule has 2 aromatic carbocycles. The summed E-state index contributed by atoms with van der Waals surface area (Å²) in [7, 11) is 0. The van der Waals surface area contributed by atoms with E-state index < -0.39 is 5.91 Å². The summed E-state index contributed by atoms with van der Waals surface area (Å²) in [6.45, 7) is 7.93. The number of nitrogens with one attached hydrogen (secondary N) is 1. The van der Waals surface area contributed by atoms with Crippen LogP contribution in [0.2, 0.25) is 0 Å². The molecule has 0 atom stereocenters. The molecule has 0 heterocycles. The maximum atomic E-state index is 10.7. The molecular formula is C18H26NNbO. The summed E-state index contributed by atoms with van der Waals surface area (Å²) in [5.74, 6) is 0.0833. The van der Waals surface area contributed by atoms with Crippen molar-refractivity contribution >= 4 is 5.91 Å². The third-order valence-corrected chi connectivity index (χ3v) is 2.85. The topological polar surface area (TPSA) is 40.9 Å². The van der Waals surface area contributed by atoms with E-state index in [1.807, 2.05) is 88.4 Å². The molecule has 2 rings (SSSR count). The van der Waals surface area contributed by atoms with Crippen molar-refractivity contribution in [2.45, 2.75) is 27.7 Å². The Labute approximate surface area is 145 Å². The van der Waals surface area contributed by atoms with E-state index in [1.165, 1.54) is 0 Å². The van der Waals surface area contributed by atoms with Gasteiger partial charge in [-0.1, -0.05) is 27.7 Å². The molecule has 2 nitrogen and oxygen atoms in total. The normalized spacial score (nSPS) is 9.29. The van der Waals surface area contributed by atoms with Gasteiger partial charge in [0.25, 0.3) is 0 Å². The van der Waals surface area contributed by atoms with Crippen molar-refractivity contribution in [3.05, 3.63) is 66.4 Å². The van der Waals surface area contributed by atoms with E-state index in [2.05, 4.69) is 0 Å². The first-order valence-corrected chi connectivity index (χ1v) is 7.05. The van der Waals surface area contributed by atoms with E-state index in [-0.39, 0.29) is 28.3 Å². The minimum atomic E-state index is -0.426. The van der Waals surface area contributed by atoms with Crippen molar-refractivity contribution in [2.24, 2.45) is 17.8 Å². The molecule has 0 spiro atoms. The molecule has 0 unspecified atom stereocenters. The van der Waals surface area contributed by atoms with Crippen LogP contribution in [0.15, 0.2) is 60.7 Å². The third-order valence-electron chi connectivity index (χ3n) is 2.85. The van der Waals surface area contributed by atoms with Crippen molar-refractivity contribution < 1.29 is 27.2 Å². The van der Waals surface area contributed by atoms with Crippen LogP contribution in [0.1, 0.15) is 27.7 Å². The minimum absolute atomic E-state index is 0. The molecule has 0 bridgehead atoms. The van der Waals surface area contributed by atoms with Crippen LogP contribution in [0.4, 0.5) is 0 Å². The molecular weight excluding hydrogens is 339 g/mol. The fraction of sp³-hybridized carbons (Fsp3) is 0.389. The number of hydrogen-bond donors (Lipinski definition) is 0. The summed E-state index contributed by atoms with van der Waals surface area (Å²) in [5.41, 5.74) is 6.96. The predicted octanol–water partition coefficient (Wildman–Crippen LogP) is 5.30. The second-order valence-electron chi connectivity index (χ2n) is 5.30. The Balaban J connectivity index is 0. The molecule has 0 fully saturated rings. The maximum absolute atomic E-state index is 10.7. The molecule has 21 heavy (non-hydrogen) atoms. The molecule has 2 aromatic rings. The molecule has 114 valence electrons. The van der Waals surface area contributed by atoms with Crippen LogP contribution in [0.25, 0.3) is 5.73 Å². The Morgan fingerprint density at radius 3 is 1.14 bits per heavy atom. The van der Waals surface area contributed by atoms with Crippen LogP contribution in [0.5, 0.6) is 0 Å². The first-order chi connectivity index (χ1) is 9.46. The van der Waals surface area contributed by atoms with E-state index in [1.54, 1.807) is 0 Å². The van der Waals surface area contributed by atoms with Crippen LogP contribution < -0.4 is 0 Å². The zero-order valence-electron chi connectivity index (χ0n) is 13.4. The summed E-state index contributed by atoms with van der Waals surface area (Å²) >= 11 is 0. The van der Waals surface area contributed by atoms with Gasteiger partial charge in [0.2, 0.25) is 0 Å². The van der Waals surface area contributed by atoms with Gasteiger partial charge in [0.05, 0.1) is 5.91 Å².